The van der Waals surface area contributed by atoms with Crippen LogP contribution in [0.5, 0.6) is 0 Å². The summed E-state index contributed by atoms with van der Waals surface area (Å²) in [6.07, 6.45) is 4.12. The zero-order valence-corrected chi connectivity index (χ0v) is 15.0. The number of aromatic amines is 1. The average molecular weight is 341 g/mol. The van der Waals surface area contributed by atoms with Crippen molar-refractivity contribution in [3.05, 3.63) is 24.3 Å². The number of rotatable bonds is 3. The van der Waals surface area contributed by atoms with Gasteiger partial charge in [0, 0.05) is 6.54 Å². The molecule has 2 aliphatic rings. The number of fused-ring (bicyclic) bond motifs is 3. The monoisotopic (exact) mass is 341 g/mol. The van der Waals surface area contributed by atoms with Gasteiger partial charge >= 0.3 is 6.03 Å². The highest BCUT2D eigenvalue weighted by Gasteiger charge is 2.44. The van der Waals surface area contributed by atoms with Crippen LogP contribution in [0.25, 0.3) is 11.4 Å². The van der Waals surface area contributed by atoms with Crippen LogP contribution in [0.15, 0.2) is 28.0 Å². The number of carbonyl (C=O) groups excluding carboxylic acids is 1. The molecule has 0 bridgehead atoms. The van der Waals surface area contributed by atoms with Crippen LogP contribution < -0.4 is 4.90 Å². The quantitative estimate of drug-likeness (QED) is 0.928. The third-order valence-corrected chi connectivity index (χ3v) is 4.76. The van der Waals surface area contributed by atoms with E-state index in [-0.39, 0.29) is 17.5 Å². The summed E-state index contributed by atoms with van der Waals surface area (Å²) in [4.78, 5) is 29.4. The van der Waals surface area contributed by atoms with E-state index in [9.17, 15) is 4.79 Å². The summed E-state index contributed by atoms with van der Waals surface area (Å²) >= 11 is 0. The van der Waals surface area contributed by atoms with Crippen LogP contribution in [0.1, 0.15) is 39.8 Å². The van der Waals surface area contributed by atoms with Crippen molar-refractivity contribution in [2.24, 2.45) is 10.4 Å². The molecule has 1 atom stereocenters. The maximum atomic E-state index is 13.0. The summed E-state index contributed by atoms with van der Waals surface area (Å²) in [5.74, 6) is 2.05. The van der Waals surface area contributed by atoms with E-state index in [1.165, 1.54) is 0 Å². The zero-order valence-electron chi connectivity index (χ0n) is 15.0. The number of nitrogens with zero attached hydrogens (tertiary/aromatic N) is 4. The number of furan rings is 1. The lowest BCUT2D eigenvalue weighted by atomic mass is 9.87. The largest absolute Gasteiger partial charge is 0.472 e. The molecule has 0 unspecified atom stereocenters. The number of hydrogen-bond acceptors (Lipinski definition) is 4. The third-order valence-electron chi connectivity index (χ3n) is 4.76. The van der Waals surface area contributed by atoms with E-state index < -0.39 is 0 Å². The SMILES string of the molecule is CCCN1C(=O)N2C[C@H](C(C)(C)C)N=C2c2[nH]c(-c3ccoc3)nc21. The van der Waals surface area contributed by atoms with E-state index in [1.807, 2.05) is 6.07 Å². The minimum Gasteiger partial charge on any atom is -0.472 e. The van der Waals surface area contributed by atoms with Gasteiger partial charge in [0.25, 0.3) is 0 Å². The molecule has 0 radical (unpaired) electrons. The Hall–Kier alpha value is -2.57. The number of urea groups is 1. The highest BCUT2D eigenvalue weighted by Crippen LogP contribution is 2.36. The fourth-order valence-electron chi connectivity index (χ4n) is 3.27. The van der Waals surface area contributed by atoms with Gasteiger partial charge in [0.2, 0.25) is 0 Å². The number of aliphatic imine (C=N–C) groups is 1. The van der Waals surface area contributed by atoms with Crippen molar-refractivity contribution in [1.82, 2.24) is 14.9 Å². The highest BCUT2D eigenvalue weighted by atomic mass is 16.3. The van der Waals surface area contributed by atoms with Crippen LogP contribution in [0.4, 0.5) is 10.6 Å². The van der Waals surface area contributed by atoms with Gasteiger partial charge in [-0.25, -0.2) is 9.78 Å². The molecule has 2 amide bonds. The molecule has 25 heavy (non-hydrogen) atoms. The fourth-order valence-corrected chi connectivity index (χ4v) is 3.27. The molecular weight excluding hydrogens is 318 g/mol. The summed E-state index contributed by atoms with van der Waals surface area (Å²) in [6, 6.07) is 1.88. The maximum absolute atomic E-state index is 13.0. The second-order valence-corrected chi connectivity index (χ2v) is 7.68. The molecule has 0 aromatic carbocycles. The number of anilines is 1. The standard InChI is InChI=1S/C18H23N5O2/c1-5-7-22-16-13(20-14(21-16)11-6-8-25-10-11)15-19-12(18(2,3)4)9-23(15)17(22)24/h6,8,10,12H,5,7,9H2,1-4H3,(H,20,21)/t12-/m1/s1. The van der Waals surface area contributed by atoms with Gasteiger partial charge < -0.3 is 9.40 Å². The van der Waals surface area contributed by atoms with Gasteiger partial charge in [0.05, 0.1) is 24.4 Å². The first-order valence-corrected chi connectivity index (χ1v) is 8.70. The molecule has 1 N–H and O–H groups in total. The number of amides is 2. The summed E-state index contributed by atoms with van der Waals surface area (Å²) in [5.41, 5.74) is 1.67. The van der Waals surface area contributed by atoms with Gasteiger partial charge in [-0.05, 0) is 17.9 Å². The van der Waals surface area contributed by atoms with E-state index >= 15 is 0 Å². The second kappa shape index (κ2) is 5.47. The van der Waals surface area contributed by atoms with Crippen molar-refractivity contribution in [2.45, 2.75) is 40.2 Å². The lowest BCUT2D eigenvalue weighted by Crippen LogP contribution is -2.51. The molecule has 2 aromatic heterocycles. The maximum Gasteiger partial charge on any atom is 0.331 e. The van der Waals surface area contributed by atoms with Crippen molar-refractivity contribution < 1.29 is 9.21 Å². The number of nitrogens with one attached hydrogen (secondary N) is 1. The number of carbonyl (C=O) groups is 1. The van der Waals surface area contributed by atoms with E-state index in [1.54, 1.807) is 22.3 Å². The van der Waals surface area contributed by atoms with Crippen molar-refractivity contribution >= 4 is 17.7 Å². The van der Waals surface area contributed by atoms with Crippen molar-refractivity contribution in [3.63, 3.8) is 0 Å². The molecule has 0 fully saturated rings. The van der Waals surface area contributed by atoms with Crippen molar-refractivity contribution in [1.29, 1.82) is 0 Å². The lowest BCUT2D eigenvalue weighted by Gasteiger charge is -2.32. The molecule has 7 heteroatoms. The summed E-state index contributed by atoms with van der Waals surface area (Å²) in [6.45, 7) is 9.75. The second-order valence-electron chi connectivity index (χ2n) is 7.68. The fraction of sp³-hybridized carbons (Fsp3) is 0.500. The van der Waals surface area contributed by atoms with Gasteiger partial charge in [-0.1, -0.05) is 27.7 Å². The Kier molecular flexibility index (Phi) is 3.49. The molecule has 0 saturated carbocycles. The molecule has 2 aliphatic heterocycles. The van der Waals surface area contributed by atoms with E-state index in [0.29, 0.717) is 30.6 Å². The highest BCUT2D eigenvalue weighted by molar-refractivity contribution is 6.18. The van der Waals surface area contributed by atoms with Crippen molar-refractivity contribution in [2.75, 3.05) is 18.0 Å². The van der Waals surface area contributed by atoms with Crippen LogP contribution >= 0.6 is 0 Å². The number of hydrogen-bond donors (Lipinski definition) is 1. The van der Waals surface area contributed by atoms with Crippen LogP contribution in [0.3, 0.4) is 0 Å². The first-order valence-electron chi connectivity index (χ1n) is 8.70. The smallest absolute Gasteiger partial charge is 0.331 e. The minimum atomic E-state index is -0.0370. The van der Waals surface area contributed by atoms with Gasteiger partial charge in [-0.15, -0.1) is 0 Å². The molecule has 2 aromatic rings. The molecule has 0 aliphatic carbocycles. The molecule has 0 spiro atoms. The molecular formula is C18H23N5O2. The average Bonchev–Trinajstić information content (AvgIpc) is 3.27. The zero-order chi connectivity index (χ0) is 17.8. The van der Waals surface area contributed by atoms with Crippen LogP contribution in [-0.2, 0) is 0 Å². The van der Waals surface area contributed by atoms with E-state index in [0.717, 1.165) is 17.7 Å². The molecule has 7 nitrogen and oxygen atoms in total. The van der Waals surface area contributed by atoms with Crippen LogP contribution in [-0.4, -0.2) is 45.9 Å². The lowest BCUT2D eigenvalue weighted by molar-refractivity contribution is 0.220. The first kappa shape index (κ1) is 15.9. The van der Waals surface area contributed by atoms with E-state index in [4.69, 9.17) is 9.41 Å². The van der Waals surface area contributed by atoms with Crippen LogP contribution in [0.2, 0.25) is 0 Å². The Morgan fingerprint density at radius 3 is 2.84 bits per heavy atom. The van der Waals surface area contributed by atoms with Gasteiger partial charge in [-0.3, -0.25) is 14.8 Å². The van der Waals surface area contributed by atoms with Gasteiger partial charge in [0.1, 0.15) is 17.8 Å². The topological polar surface area (TPSA) is 77.7 Å². The Bertz CT molecular complexity index is 828. The predicted octanol–water partition coefficient (Wildman–Crippen LogP) is 3.50. The third kappa shape index (κ3) is 2.45. The number of H-pyrrole nitrogens is 1. The Morgan fingerprint density at radius 2 is 2.20 bits per heavy atom. The molecule has 0 saturated heterocycles. The number of aromatic nitrogens is 2. The number of imidazole rings is 1. The number of amidine groups is 1. The van der Waals surface area contributed by atoms with Crippen LogP contribution in [0, 0.1) is 5.41 Å². The Morgan fingerprint density at radius 1 is 1.40 bits per heavy atom. The minimum absolute atomic E-state index is 0.00617. The Balaban J connectivity index is 1.83. The van der Waals surface area contributed by atoms with Gasteiger partial charge in [-0.2, -0.15) is 0 Å². The van der Waals surface area contributed by atoms with E-state index in [2.05, 4.69) is 37.7 Å². The Labute approximate surface area is 146 Å². The summed E-state index contributed by atoms with van der Waals surface area (Å²) < 4.78 is 5.16. The van der Waals surface area contributed by atoms with Crippen molar-refractivity contribution in [3.8, 4) is 11.4 Å². The normalized spacial score (nSPS) is 19.9. The molecule has 132 valence electrons. The molecule has 4 rings (SSSR count). The molecule has 4 heterocycles. The first-order chi connectivity index (χ1) is 11.9. The predicted molar refractivity (Wildman–Crippen MR) is 95.8 cm³/mol. The summed E-state index contributed by atoms with van der Waals surface area (Å²) in [7, 11) is 0. The van der Waals surface area contributed by atoms with Gasteiger partial charge in [0.15, 0.2) is 11.7 Å². The summed E-state index contributed by atoms with van der Waals surface area (Å²) in [5, 5.41) is 0.